The van der Waals surface area contributed by atoms with Gasteiger partial charge in [0, 0.05) is 11.8 Å². The molecule has 2 nitrogen and oxygen atoms in total. The van der Waals surface area contributed by atoms with E-state index in [1.807, 2.05) is 12.3 Å². The lowest BCUT2D eigenvalue weighted by molar-refractivity contribution is 0.158. The van der Waals surface area contributed by atoms with Gasteiger partial charge in [-0.3, -0.25) is 4.98 Å². The summed E-state index contributed by atoms with van der Waals surface area (Å²) >= 11 is 0. The van der Waals surface area contributed by atoms with Crippen LogP contribution in [0.3, 0.4) is 0 Å². The van der Waals surface area contributed by atoms with E-state index in [2.05, 4.69) is 61.0 Å². The van der Waals surface area contributed by atoms with E-state index in [0.717, 1.165) is 69.0 Å². The molecular weight excluding hydrogens is 395 g/mol. The molecule has 1 unspecified atom stereocenters. The molecule has 0 bridgehead atoms. The van der Waals surface area contributed by atoms with Crippen molar-refractivity contribution >= 4 is 0 Å². The molecule has 0 saturated heterocycles. The number of hydrogen-bond acceptors (Lipinski definition) is 2. The minimum absolute atomic E-state index is 0.407. The number of allylic oxidation sites excluding steroid dienone is 1. The molecule has 3 heteroatoms. The highest BCUT2D eigenvalue weighted by Crippen LogP contribution is 2.46. The molecule has 2 aromatic rings. The lowest BCUT2D eigenvalue weighted by Gasteiger charge is -2.36. The van der Waals surface area contributed by atoms with Crippen LogP contribution in [0.2, 0.25) is 0 Å². The largest absolute Gasteiger partial charge is 0.256 e. The van der Waals surface area contributed by atoms with Crippen molar-refractivity contribution in [2.45, 2.75) is 89.6 Å². The average molecular weight is 433 g/mol. The fraction of sp³-hybridized carbons (Fsp3) is 0.517. The maximum Gasteiger partial charge on any atom is 0.102 e. The first kappa shape index (κ1) is 24.2. The number of pyridine rings is 1. The van der Waals surface area contributed by atoms with Gasteiger partial charge in [-0.25, -0.2) is 4.39 Å². The van der Waals surface area contributed by atoms with Gasteiger partial charge >= 0.3 is 0 Å². The van der Waals surface area contributed by atoms with Gasteiger partial charge in [-0.1, -0.05) is 56.2 Å². The van der Waals surface area contributed by atoms with Gasteiger partial charge in [-0.2, -0.15) is 5.26 Å². The Bertz CT molecular complexity index is 871. The third kappa shape index (κ3) is 6.52. The van der Waals surface area contributed by atoms with Crippen molar-refractivity contribution in [1.29, 1.82) is 5.26 Å². The number of aryl methyl sites for hydroxylation is 1. The summed E-state index contributed by atoms with van der Waals surface area (Å²) in [4.78, 5) is 4.65. The Hall–Kier alpha value is -2.47. The second kappa shape index (κ2) is 12.0. The summed E-state index contributed by atoms with van der Waals surface area (Å²) < 4.78 is 14.4. The Labute approximate surface area is 193 Å². The zero-order chi connectivity index (χ0) is 22.8. The first-order chi connectivity index (χ1) is 15.6. The molecule has 0 N–H and O–H groups in total. The summed E-state index contributed by atoms with van der Waals surface area (Å²) in [5.74, 6) is 0.458. The van der Waals surface area contributed by atoms with Gasteiger partial charge < -0.3 is 0 Å². The van der Waals surface area contributed by atoms with Crippen molar-refractivity contribution in [2.75, 3.05) is 0 Å². The summed E-state index contributed by atoms with van der Waals surface area (Å²) in [5.41, 5.74) is 4.24. The summed E-state index contributed by atoms with van der Waals surface area (Å²) in [6, 6.07) is 15.5. The standard InChI is InChI=1S/C29H37FN2/c1-3-5-7-8-23-10-15-28(32-21-23)26-13-11-24(12-14-26)25-16-18-29(22-31,19-17-25)20-27(30)9-6-4-2/h3,10-15,21,25,27H,1,4-9,16-20H2,2H3. The van der Waals surface area contributed by atoms with Crippen LogP contribution in [-0.4, -0.2) is 11.2 Å². The van der Waals surface area contributed by atoms with Gasteiger partial charge in [-0.15, -0.1) is 6.58 Å². The molecule has 1 fully saturated rings. The Kier molecular flexibility index (Phi) is 9.03. The van der Waals surface area contributed by atoms with Gasteiger partial charge in [0.25, 0.3) is 0 Å². The molecule has 0 spiro atoms. The Morgan fingerprint density at radius 2 is 1.94 bits per heavy atom. The van der Waals surface area contributed by atoms with Crippen molar-refractivity contribution < 1.29 is 4.39 Å². The fourth-order valence-corrected chi connectivity index (χ4v) is 4.94. The van der Waals surface area contributed by atoms with Crippen molar-refractivity contribution in [3.05, 3.63) is 66.4 Å². The second-order valence-electron chi connectivity index (χ2n) is 9.46. The number of hydrogen-bond donors (Lipinski definition) is 0. The van der Waals surface area contributed by atoms with Crippen molar-refractivity contribution in [1.82, 2.24) is 4.98 Å². The van der Waals surface area contributed by atoms with E-state index < -0.39 is 11.6 Å². The molecule has 1 aromatic carbocycles. The molecule has 1 aromatic heterocycles. The Morgan fingerprint density at radius 1 is 1.19 bits per heavy atom. The maximum absolute atomic E-state index is 14.4. The predicted octanol–water partition coefficient (Wildman–Crippen LogP) is 8.34. The van der Waals surface area contributed by atoms with Gasteiger partial charge in [-0.05, 0) is 80.9 Å². The molecule has 3 rings (SSSR count). The molecule has 0 aliphatic heterocycles. The maximum atomic E-state index is 14.4. The van der Waals surface area contributed by atoms with E-state index >= 15 is 0 Å². The minimum atomic E-state index is -0.841. The van der Waals surface area contributed by atoms with E-state index in [1.165, 1.54) is 11.1 Å². The number of alkyl halides is 1. The minimum Gasteiger partial charge on any atom is -0.256 e. The zero-order valence-corrected chi connectivity index (χ0v) is 19.5. The number of aromatic nitrogens is 1. The van der Waals surface area contributed by atoms with Crippen LogP contribution in [0.1, 0.15) is 88.2 Å². The number of unbranched alkanes of at least 4 members (excludes halogenated alkanes) is 2. The summed E-state index contributed by atoms with van der Waals surface area (Å²) in [6.07, 6.45) is 12.7. The van der Waals surface area contributed by atoms with E-state index in [4.69, 9.17) is 0 Å². The second-order valence-corrected chi connectivity index (χ2v) is 9.46. The first-order valence-corrected chi connectivity index (χ1v) is 12.3. The van der Waals surface area contributed by atoms with Gasteiger partial charge in [0.1, 0.15) is 6.17 Å². The SMILES string of the molecule is C=CCCCc1ccc(-c2ccc(C3CCC(C#N)(CC(F)CCCC)CC3)cc2)nc1. The highest BCUT2D eigenvalue weighted by molar-refractivity contribution is 5.59. The third-order valence-corrected chi connectivity index (χ3v) is 7.04. The highest BCUT2D eigenvalue weighted by atomic mass is 19.1. The molecule has 170 valence electrons. The smallest absolute Gasteiger partial charge is 0.102 e. The number of benzene rings is 1. The van der Waals surface area contributed by atoms with Crippen molar-refractivity contribution in [2.24, 2.45) is 5.41 Å². The van der Waals surface area contributed by atoms with E-state index in [9.17, 15) is 9.65 Å². The molecule has 1 atom stereocenters. The van der Waals surface area contributed by atoms with E-state index in [0.29, 0.717) is 18.8 Å². The molecule has 0 amide bonds. The highest BCUT2D eigenvalue weighted by Gasteiger charge is 2.37. The summed E-state index contributed by atoms with van der Waals surface area (Å²) in [7, 11) is 0. The van der Waals surface area contributed by atoms with Crippen LogP contribution in [-0.2, 0) is 6.42 Å². The molecular formula is C29H37FN2. The number of rotatable bonds is 11. The zero-order valence-electron chi connectivity index (χ0n) is 19.5. The Morgan fingerprint density at radius 3 is 2.53 bits per heavy atom. The molecule has 1 saturated carbocycles. The number of nitriles is 1. The van der Waals surface area contributed by atoms with Gasteiger partial charge in [0.05, 0.1) is 17.2 Å². The topological polar surface area (TPSA) is 36.7 Å². The molecule has 0 radical (unpaired) electrons. The number of nitrogens with zero attached hydrogens (tertiary/aromatic N) is 2. The van der Waals surface area contributed by atoms with E-state index in [-0.39, 0.29) is 0 Å². The van der Waals surface area contributed by atoms with Crippen LogP contribution in [0, 0.1) is 16.7 Å². The summed E-state index contributed by atoms with van der Waals surface area (Å²) in [5, 5.41) is 9.79. The fourth-order valence-electron chi connectivity index (χ4n) is 4.94. The first-order valence-electron chi connectivity index (χ1n) is 12.3. The van der Waals surface area contributed by atoms with Gasteiger partial charge in [0.15, 0.2) is 0 Å². The number of halogens is 1. The van der Waals surface area contributed by atoms with Crippen LogP contribution in [0.15, 0.2) is 55.3 Å². The predicted molar refractivity (Wildman–Crippen MR) is 131 cm³/mol. The quantitative estimate of drug-likeness (QED) is 0.264. The van der Waals surface area contributed by atoms with E-state index in [1.54, 1.807) is 0 Å². The molecule has 1 heterocycles. The normalized spacial score (nSPS) is 21.6. The Balaban J connectivity index is 1.56. The van der Waals surface area contributed by atoms with Crippen LogP contribution in [0.25, 0.3) is 11.3 Å². The lowest BCUT2D eigenvalue weighted by atomic mass is 9.67. The lowest BCUT2D eigenvalue weighted by Crippen LogP contribution is -2.28. The third-order valence-electron chi connectivity index (χ3n) is 7.04. The van der Waals surface area contributed by atoms with Crippen molar-refractivity contribution in [3.8, 4) is 17.3 Å². The van der Waals surface area contributed by atoms with Crippen LogP contribution in [0.4, 0.5) is 4.39 Å². The molecule has 32 heavy (non-hydrogen) atoms. The van der Waals surface area contributed by atoms with Crippen LogP contribution >= 0.6 is 0 Å². The average Bonchev–Trinajstić information content (AvgIpc) is 2.84. The van der Waals surface area contributed by atoms with Gasteiger partial charge in [0.2, 0.25) is 0 Å². The monoisotopic (exact) mass is 432 g/mol. The van der Waals surface area contributed by atoms with Crippen molar-refractivity contribution in [3.63, 3.8) is 0 Å². The molecule has 1 aliphatic carbocycles. The molecule has 1 aliphatic rings. The van der Waals surface area contributed by atoms with Crippen LogP contribution in [0.5, 0.6) is 0 Å². The summed E-state index contributed by atoms with van der Waals surface area (Å²) in [6.45, 7) is 5.86. The van der Waals surface area contributed by atoms with Crippen LogP contribution < -0.4 is 0 Å².